The van der Waals surface area contributed by atoms with E-state index < -0.39 is 32.6 Å². The van der Waals surface area contributed by atoms with E-state index in [9.17, 15) is 27.7 Å². The van der Waals surface area contributed by atoms with Crippen molar-refractivity contribution in [2.45, 2.75) is 17.7 Å². The van der Waals surface area contributed by atoms with Crippen LogP contribution in [0.1, 0.15) is 28.8 Å². The average Bonchev–Trinajstić information content (AvgIpc) is 3.37. The van der Waals surface area contributed by atoms with E-state index in [4.69, 9.17) is 17.1 Å². The second-order valence-corrected chi connectivity index (χ2v) is 11.2. The molecule has 3 aromatic carbocycles. The largest absolute Gasteiger partial charge is 0.481 e. The van der Waals surface area contributed by atoms with E-state index in [1.165, 1.54) is 18.2 Å². The summed E-state index contributed by atoms with van der Waals surface area (Å²) in [5, 5.41) is 17.6. The second kappa shape index (κ2) is 10.8. The molecule has 1 atom stereocenters. The van der Waals surface area contributed by atoms with Gasteiger partial charge in [0, 0.05) is 29.9 Å². The third-order valence-electron chi connectivity index (χ3n) is 6.90. The second-order valence-electron chi connectivity index (χ2n) is 9.38. The van der Waals surface area contributed by atoms with Crippen LogP contribution in [0.3, 0.4) is 0 Å². The maximum absolute atomic E-state index is 13.7. The fourth-order valence-corrected chi connectivity index (χ4v) is 5.70. The van der Waals surface area contributed by atoms with Crippen molar-refractivity contribution in [2.75, 3.05) is 23.3 Å². The van der Waals surface area contributed by atoms with E-state index in [0.717, 1.165) is 0 Å². The zero-order chi connectivity index (χ0) is 29.5. The van der Waals surface area contributed by atoms with Gasteiger partial charge in [0.1, 0.15) is 5.52 Å². The average molecular weight is 600 g/mol. The predicted molar refractivity (Wildman–Crippen MR) is 145 cm³/mol. The smallest absolute Gasteiger partial charge is 0.425 e. The zero-order valence-corrected chi connectivity index (χ0v) is 22.6. The summed E-state index contributed by atoms with van der Waals surface area (Å²) in [5.41, 5.74) is 3.16. The van der Waals surface area contributed by atoms with Gasteiger partial charge in [0.25, 0.3) is 10.1 Å². The number of hydrogen-bond acceptors (Lipinski definition) is 11. The fraction of sp³-hybridized carbons (Fsp3) is 0.192. The normalized spacial score (nSPS) is 16.0. The summed E-state index contributed by atoms with van der Waals surface area (Å²) in [6.45, 7) is 0.872. The van der Waals surface area contributed by atoms with Crippen molar-refractivity contribution in [1.82, 2.24) is 5.16 Å². The Morgan fingerprint density at radius 2 is 1.78 bits per heavy atom. The van der Waals surface area contributed by atoms with Gasteiger partial charge in [-0.25, -0.2) is 0 Å². The van der Waals surface area contributed by atoms with Gasteiger partial charge in [-0.15, -0.1) is 12.6 Å². The highest BCUT2D eigenvalue weighted by Gasteiger charge is 2.35. The molecule has 1 aliphatic heterocycles. The Bertz CT molecular complexity index is 1930. The van der Waals surface area contributed by atoms with Crippen molar-refractivity contribution >= 4 is 60.4 Å². The first-order valence-electron chi connectivity index (χ1n) is 12.1. The van der Waals surface area contributed by atoms with Crippen LogP contribution >= 0.6 is 0 Å². The number of carbonyl (C=O) groups excluding carboxylic acids is 1. The summed E-state index contributed by atoms with van der Waals surface area (Å²) >= 11 is 0. The van der Waals surface area contributed by atoms with Crippen LogP contribution in [0.5, 0.6) is 0 Å². The van der Waals surface area contributed by atoms with Gasteiger partial charge in [0.05, 0.1) is 33.1 Å². The Hall–Kier alpha value is -4.60. The molecule has 13 nitrogen and oxygen atoms in total. The van der Waals surface area contributed by atoms with Crippen molar-refractivity contribution in [2.24, 2.45) is 5.92 Å². The standard InChI is InChI=1S/C26H21N3O7S.O3S/c30-24-17-8-1-2-9-18(17)25-22-21(24)19(27-15-6-3-7-16(11-15)37(33,34)35)12-20(23(22)28-36-25)29-10-4-5-14(13-29)26(31)32;1-4(2)3/h1-3,6-9,11-12,14,27H,4-5,10,13H2,(H,31,32)(H,33,34,35);/t14-;/m0./s1. The van der Waals surface area contributed by atoms with Gasteiger partial charge < -0.3 is 19.8 Å². The molecule has 2 heterocycles. The molecule has 0 unspecified atom stereocenters. The maximum atomic E-state index is 13.7. The van der Waals surface area contributed by atoms with Crippen LogP contribution in [0.15, 0.2) is 64.0 Å². The van der Waals surface area contributed by atoms with Gasteiger partial charge in [-0.05, 0) is 37.1 Å². The summed E-state index contributed by atoms with van der Waals surface area (Å²) in [6, 6.07) is 14.4. The van der Waals surface area contributed by atoms with E-state index in [-0.39, 0.29) is 17.2 Å². The maximum Gasteiger partial charge on any atom is 0.425 e. The Kier molecular flexibility index (Phi) is 7.33. The molecule has 1 aromatic heterocycles. The van der Waals surface area contributed by atoms with Crippen LogP contribution in [0.2, 0.25) is 0 Å². The molecule has 0 amide bonds. The van der Waals surface area contributed by atoms with E-state index >= 15 is 0 Å². The van der Waals surface area contributed by atoms with Crippen LogP contribution in [-0.4, -0.2) is 60.7 Å². The van der Waals surface area contributed by atoms with Gasteiger partial charge >= 0.3 is 16.6 Å². The molecule has 3 N–H and O–H groups in total. The lowest BCUT2D eigenvalue weighted by atomic mass is 9.86. The van der Waals surface area contributed by atoms with Crippen LogP contribution in [-0.2, 0) is 25.5 Å². The SMILES string of the molecule is O=C1c2ccccc2-c2onc3c(N4CCC[C@H](C(=O)O)C4)cc(Nc4cccc(S(=O)(=O)O)c4)c1c23.O=S(=O)=O. The molecule has 0 radical (unpaired) electrons. The summed E-state index contributed by atoms with van der Waals surface area (Å²) in [4.78, 5) is 27.1. The Morgan fingerprint density at radius 1 is 1.07 bits per heavy atom. The molecule has 1 saturated heterocycles. The van der Waals surface area contributed by atoms with Crippen molar-refractivity contribution in [1.29, 1.82) is 0 Å². The Balaban J connectivity index is 0.000000794. The number of ketones is 1. The molecule has 1 fully saturated rings. The molecular formula is C26H21N3O10S2. The molecular weight excluding hydrogens is 578 g/mol. The highest BCUT2D eigenvalue weighted by molar-refractivity contribution is 7.85. The van der Waals surface area contributed by atoms with Crippen molar-refractivity contribution in [3.05, 3.63) is 65.7 Å². The van der Waals surface area contributed by atoms with E-state index in [1.807, 2.05) is 4.90 Å². The van der Waals surface area contributed by atoms with Crippen LogP contribution < -0.4 is 10.2 Å². The number of benzene rings is 3. The highest BCUT2D eigenvalue weighted by Crippen LogP contribution is 2.46. The topological polar surface area (TPSA) is 201 Å². The fourth-order valence-electron chi connectivity index (χ4n) is 5.17. The van der Waals surface area contributed by atoms with Crippen LogP contribution in [0, 0.1) is 5.92 Å². The number of nitrogens with one attached hydrogen (secondary N) is 1. The van der Waals surface area contributed by atoms with Crippen LogP contribution in [0.25, 0.3) is 22.2 Å². The van der Waals surface area contributed by atoms with E-state index in [0.29, 0.717) is 69.8 Å². The Morgan fingerprint density at radius 3 is 2.46 bits per heavy atom. The number of carboxylic acids is 1. The lowest BCUT2D eigenvalue weighted by Crippen LogP contribution is -2.38. The minimum absolute atomic E-state index is 0.252. The summed E-state index contributed by atoms with van der Waals surface area (Å²) in [5.74, 6) is -1.24. The molecule has 1 aliphatic carbocycles. The summed E-state index contributed by atoms with van der Waals surface area (Å²) < 4.78 is 64.0. The lowest BCUT2D eigenvalue weighted by molar-refractivity contribution is -0.141. The molecule has 0 bridgehead atoms. The third-order valence-corrected chi connectivity index (χ3v) is 7.75. The first-order valence-corrected chi connectivity index (χ1v) is 14.6. The molecule has 0 spiro atoms. The van der Waals surface area contributed by atoms with E-state index in [1.54, 1.807) is 36.4 Å². The molecule has 2 aliphatic rings. The van der Waals surface area contributed by atoms with Crippen molar-refractivity contribution < 1.29 is 44.8 Å². The number of aliphatic carboxylic acids is 1. The number of rotatable bonds is 5. The number of carbonyl (C=O) groups is 2. The van der Waals surface area contributed by atoms with Crippen LogP contribution in [0.4, 0.5) is 17.1 Å². The number of hydrogen-bond donors (Lipinski definition) is 3. The Labute approximate surface area is 234 Å². The summed E-state index contributed by atoms with van der Waals surface area (Å²) in [7, 11) is -7.55. The number of fused-ring (bicyclic) bond motifs is 2. The summed E-state index contributed by atoms with van der Waals surface area (Å²) in [6.07, 6.45) is 1.24. The number of carboxylic acid groups (broad SMARTS) is 1. The molecule has 4 aromatic rings. The lowest BCUT2D eigenvalue weighted by Gasteiger charge is -2.33. The first kappa shape index (κ1) is 27.9. The van der Waals surface area contributed by atoms with Gasteiger partial charge in [0.2, 0.25) is 0 Å². The van der Waals surface area contributed by atoms with Gasteiger partial charge in [0.15, 0.2) is 11.5 Å². The molecule has 0 saturated carbocycles. The van der Waals surface area contributed by atoms with Crippen molar-refractivity contribution in [3.8, 4) is 11.3 Å². The number of anilines is 3. The molecule has 6 rings (SSSR count). The first-order chi connectivity index (χ1) is 19.5. The van der Waals surface area contributed by atoms with Crippen molar-refractivity contribution in [3.63, 3.8) is 0 Å². The zero-order valence-electron chi connectivity index (χ0n) is 21.0. The predicted octanol–water partition coefficient (Wildman–Crippen LogP) is 3.33. The number of piperidine rings is 1. The minimum atomic E-state index is -4.44. The van der Waals surface area contributed by atoms with Gasteiger partial charge in [-0.2, -0.15) is 8.42 Å². The molecule has 41 heavy (non-hydrogen) atoms. The third kappa shape index (κ3) is 5.41. The van der Waals surface area contributed by atoms with Gasteiger partial charge in [-0.1, -0.05) is 35.5 Å². The highest BCUT2D eigenvalue weighted by atomic mass is 32.2. The molecule has 212 valence electrons. The van der Waals surface area contributed by atoms with E-state index in [2.05, 4.69) is 10.5 Å². The van der Waals surface area contributed by atoms with Gasteiger partial charge in [-0.3, -0.25) is 14.1 Å². The molecule has 15 heteroatoms. The monoisotopic (exact) mass is 599 g/mol. The minimum Gasteiger partial charge on any atom is -0.481 e. The number of aromatic nitrogens is 1. The number of nitrogens with zero attached hydrogens (tertiary/aromatic N) is 2. The quantitative estimate of drug-likeness (QED) is 0.249.